The molecule has 2 aromatic carbocycles. The molecule has 104 valence electrons. The summed E-state index contributed by atoms with van der Waals surface area (Å²) in [5.41, 5.74) is 0.431. The van der Waals surface area contributed by atoms with Crippen LogP contribution in [0.5, 0.6) is 0 Å². The molecule has 0 saturated heterocycles. The molecule has 20 heavy (non-hydrogen) atoms. The number of hydrogen-bond donors (Lipinski definition) is 0. The van der Waals surface area contributed by atoms with E-state index in [4.69, 9.17) is 4.84 Å². The SMILES string of the molecule is CON(C(=O)c1cccc2ccccc12)C(=O)N(C)C. The minimum atomic E-state index is -0.523. The molecule has 0 atom stereocenters. The summed E-state index contributed by atoms with van der Waals surface area (Å²) in [6.07, 6.45) is 0. The molecule has 0 aliphatic rings. The van der Waals surface area contributed by atoms with Gasteiger partial charge < -0.3 is 4.90 Å². The van der Waals surface area contributed by atoms with Gasteiger partial charge in [0.05, 0.1) is 12.7 Å². The Kier molecular flexibility index (Phi) is 4.00. The van der Waals surface area contributed by atoms with Crippen LogP contribution in [0.3, 0.4) is 0 Å². The summed E-state index contributed by atoms with van der Waals surface area (Å²) in [5.74, 6) is -0.483. The third-order valence-electron chi connectivity index (χ3n) is 2.94. The normalized spacial score (nSPS) is 10.3. The molecule has 0 saturated carbocycles. The van der Waals surface area contributed by atoms with Crippen LogP contribution in [0.15, 0.2) is 42.5 Å². The van der Waals surface area contributed by atoms with Crippen molar-refractivity contribution >= 4 is 22.7 Å². The molecule has 2 aromatic rings. The van der Waals surface area contributed by atoms with Crippen molar-refractivity contribution in [2.75, 3.05) is 21.2 Å². The number of nitrogens with zero attached hydrogens (tertiary/aromatic N) is 2. The summed E-state index contributed by atoms with van der Waals surface area (Å²) in [6.45, 7) is 0. The number of hydrogen-bond acceptors (Lipinski definition) is 3. The van der Waals surface area contributed by atoms with Gasteiger partial charge in [0.1, 0.15) is 0 Å². The van der Waals surface area contributed by atoms with Gasteiger partial charge in [-0.05, 0) is 16.8 Å². The minimum absolute atomic E-state index is 0.431. The van der Waals surface area contributed by atoms with Gasteiger partial charge in [-0.1, -0.05) is 36.4 Å². The lowest BCUT2D eigenvalue weighted by molar-refractivity contribution is -0.0654. The summed E-state index contributed by atoms with van der Waals surface area (Å²) in [4.78, 5) is 30.6. The zero-order valence-corrected chi connectivity index (χ0v) is 11.7. The maximum absolute atomic E-state index is 12.5. The number of benzene rings is 2. The Balaban J connectivity index is 2.47. The van der Waals surface area contributed by atoms with Gasteiger partial charge in [0.2, 0.25) is 0 Å². The van der Waals surface area contributed by atoms with E-state index in [1.54, 1.807) is 26.2 Å². The van der Waals surface area contributed by atoms with Gasteiger partial charge in [0, 0.05) is 14.1 Å². The maximum Gasteiger partial charge on any atom is 0.351 e. The highest BCUT2D eigenvalue weighted by atomic mass is 16.7. The second-order valence-electron chi connectivity index (χ2n) is 4.49. The Labute approximate surface area is 117 Å². The lowest BCUT2D eigenvalue weighted by atomic mass is 10.0. The molecule has 0 aliphatic carbocycles. The van der Waals surface area contributed by atoms with Crippen LogP contribution in [-0.4, -0.2) is 43.1 Å². The fourth-order valence-corrected chi connectivity index (χ4v) is 1.95. The molecule has 2 rings (SSSR count). The molecule has 5 heteroatoms. The van der Waals surface area contributed by atoms with E-state index in [1.165, 1.54) is 12.0 Å². The van der Waals surface area contributed by atoms with Crippen LogP contribution in [0, 0.1) is 0 Å². The van der Waals surface area contributed by atoms with Crippen LogP contribution in [0.25, 0.3) is 10.8 Å². The quantitative estimate of drug-likeness (QED) is 0.789. The molecule has 0 aromatic heterocycles. The highest BCUT2D eigenvalue weighted by molar-refractivity contribution is 6.11. The highest BCUT2D eigenvalue weighted by Gasteiger charge is 2.25. The Hall–Kier alpha value is -2.40. The molecule has 0 aliphatic heterocycles. The first kappa shape index (κ1) is 14.0. The second-order valence-corrected chi connectivity index (χ2v) is 4.49. The van der Waals surface area contributed by atoms with Gasteiger partial charge >= 0.3 is 6.03 Å². The van der Waals surface area contributed by atoms with Gasteiger partial charge in [-0.15, -0.1) is 5.06 Å². The number of fused-ring (bicyclic) bond motifs is 1. The summed E-state index contributed by atoms with van der Waals surface area (Å²) < 4.78 is 0. The van der Waals surface area contributed by atoms with Crippen LogP contribution in [0.4, 0.5) is 4.79 Å². The van der Waals surface area contributed by atoms with Crippen LogP contribution in [-0.2, 0) is 4.84 Å². The fourth-order valence-electron chi connectivity index (χ4n) is 1.95. The zero-order chi connectivity index (χ0) is 14.7. The second kappa shape index (κ2) is 5.71. The predicted octanol–water partition coefficient (Wildman–Crippen LogP) is 2.53. The molecule has 5 nitrogen and oxygen atoms in total. The average molecular weight is 272 g/mol. The number of urea groups is 1. The van der Waals surface area contributed by atoms with Gasteiger partial charge in [-0.25, -0.2) is 4.79 Å². The van der Waals surface area contributed by atoms with Crippen LogP contribution in [0.2, 0.25) is 0 Å². The molecular weight excluding hydrogens is 256 g/mol. The molecule has 0 bridgehead atoms. The molecule has 0 fully saturated rings. The molecule has 0 spiro atoms. The van der Waals surface area contributed by atoms with Gasteiger partial charge in [0.15, 0.2) is 0 Å². The van der Waals surface area contributed by atoms with Crippen molar-refractivity contribution in [3.63, 3.8) is 0 Å². The fraction of sp³-hybridized carbons (Fsp3) is 0.200. The lowest BCUT2D eigenvalue weighted by Crippen LogP contribution is -2.42. The molecule has 0 unspecified atom stereocenters. The maximum atomic E-state index is 12.5. The first-order valence-electron chi connectivity index (χ1n) is 6.14. The number of amides is 3. The van der Waals surface area contributed by atoms with E-state index in [0.717, 1.165) is 15.8 Å². The van der Waals surface area contributed by atoms with E-state index in [0.29, 0.717) is 5.56 Å². The van der Waals surface area contributed by atoms with E-state index >= 15 is 0 Å². The van der Waals surface area contributed by atoms with Gasteiger partial charge in [-0.3, -0.25) is 9.63 Å². The van der Waals surface area contributed by atoms with Crippen LogP contribution < -0.4 is 0 Å². The average Bonchev–Trinajstić information content (AvgIpc) is 2.47. The lowest BCUT2D eigenvalue weighted by Gasteiger charge is -2.22. The van der Waals surface area contributed by atoms with Crippen molar-refractivity contribution in [3.8, 4) is 0 Å². The van der Waals surface area contributed by atoms with E-state index in [9.17, 15) is 9.59 Å². The van der Waals surface area contributed by atoms with Crippen molar-refractivity contribution < 1.29 is 14.4 Å². The Bertz CT molecular complexity index is 647. The summed E-state index contributed by atoms with van der Waals surface area (Å²) >= 11 is 0. The van der Waals surface area contributed by atoms with Crippen molar-refractivity contribution in [1.29, 1.82) is 0 Å². The standard InChI is InChI=1S/C15H16N2O3/c1-16(2)15(19)17(20-3)14(18)13-10-6-8-11-7-4-5-9-12(11)13/h4-10H,1-3H3. The topological polar surface area (TPSA) is 49.9 Å². The third kappa shape index (κ3) is 2.48. The van der Waals surface area contributed by atoms with E-state index < -0.39 is 11.9 Å². The smallest absolute Gasteiger partial charge is 0.329 e. The number of imide groups is 1. The predicted molar refractivity (Wildman–Crippen MR) is 76.2 cm³/mol. The van der Waals surface area contributed by atoms with Crippen molar-refractivity contribution in [2.24, 2.45) is 0 Å². The summed E-state index contributed by atoms with van der Waals surface area (Å²) in [5, 5.41) is 2.47. The summed E-state index contributed by atoms with van der Waals surface area (Å²) in [7, 11) is 4.42. The van der Waals surface area contributed by atoms with E-state index in [1.807, 2.05) is 30.3 Å². The molecule has 0 N–H and O–H groups in total. The van der Waals surface area contributed by atoms with Gasteiger partial charge in [0.25, 0.3) is 5.91 Å². The highest BCUT2D eigenvalue weighted by Crippen LogP contribution is 2.20. The van der Waals surface area contributed by atoms with Crippen molar-refractivity contribution in [1.82, 2.24) is 9.96 Å². The number of rotatable bonds is 2. The van der Waals surface area contributed by atoms with Crippen LogP contribution >= 0.6 is 0 Å². The third-order valence-corrected chi connectivity index (χ3v) is 2.94. The van der Waals surface area contributed by atoms with Crippen molar-refractivity contribution in [2.45, 2.75) is 0 Å². The van der Waals surface area contributed by atoms with Crippen molar-refractivity contribution in [3.05, 3.63) is 48.0 Å². The van der Waals surface area contributed by atoms with E-state index in [2.05, 4.69) is 0 Å². The molecular formula is C15H16N2O3. The first-order chi connectivity index (χ1) is 9.56. The first-order valence-corrected chi connectivity index (χ1v) is 6.14. The number of hydroxylamine groups is 2. The molecule has 0 radical (unpaired) electrons. The van der Waals surface area contributed by atoms with E-state index in [-0.39, 0.29) is 0 Å². The zero-order valence-electron chi connectivity index (χ0n) is 11.7. The number of carbonyl (C=O) groups excluding carboxylic acids is 2. The molecule has 3 amide bonds. The Morgan fingerprint density at radius 2 is 1.65 bits per heavy atom. The monoisotopic (exact) mass is 272 g/mol. The number of carbonyl (C=O) groups is 2. The van der Waals surface area contributed by atoms with Crippen LogP contribution in [0.1, 0.15) is 10.4 Å². The Morgan fingerprint density at radius 1 is 1.00 bits per heavy atom. The largest absolute Gasteiger partial charge is 0.351 e. The minimum Gasteiger partial charge on any atom is -0.329 e. The summed E-state index contributed by atoms with van der Waals surface area (Å²) in [6, 6.07) is 12.4. The Morgan fingerprint density at radius 3 is 2.30 bits per heavy atom. The molecule has 0 heterocycles. The van der Waals surface area contributed by atoms with Gasteiger partial charge in [-0.2, -0.15) is 0 Å².